The smallest absolute Gasteiger partial charge is 0.406 e. The van der Waals surface area contributed by atoms with Crippen molar-refractivity contribution in [1.29, 1.82) is 0 Å². The van der Waals surface area contributed by atoms with Gasteiger partial charge in [0.1, 0.15) is 5.75 Å². The molecule has 2 amide bonds. The van der Waals surface area contributed by atoms with Crippen LogP contribution in [0.5, 0.6) is 5.75 Å². The van der Waals surface area contributed by atoms with Crippen LogP contribution in [0.1, 0.15) is 36.0 Å². The van der Waals surface area contributed by atoms with E-state index in [2.05, 4.69) is 4.74 Å². The summed E-state index contributed by atoms with van der Waals surface area (Å²) in [6.45, 7) is 1.73. The second-order valence-electron chi connectivity index (χ2n) is 7.65. The maximum absolute atomic E-state index is 12.9. The largest absolute Gasteiger partial charge is 0.573 e. The molecule has 1 aromatic carbocycles. The van der Waals surface area contributed by atoms with Gasteiger partial charge in [0.25, 0.3) is 5.91 Å². The van der Waals surface area contributed by atoms with Crippen molar-refractivity contribution < 1.29 is 27.5 Å². The van der Waals surface area contributed by atoms with Crippen molar-refractivity contribution in [3.8, 4) is 5.75 Å². The molecule has 0 aliphatic carbocycles. The lowest BCUT2D eigenvalue weighted by molar-refractivity contribution is -0.274. The molecule has 27 heavy (non-hydrogen) atoms. The number of ether oxygens (including phenoxy) is 1. The summed E-state index contributed by atoms with van der Waals surface area (Å²) in [4.78, 5) is 28.8. The Kier molecular flexibility index (Phi) is 4.52. The highest BCUT2D eigenvalue weighted by Gasteiger charge is 2.44. The molecule has 8 heteroatoms. The fourth-order valence-electron chi connectivity index (χ4n) is 4.78. The summed E-state index contributed by atoms with van der Waals surface area (Å²) < 4.78 is 41.2. The topological polar surface area (TPSA) is 49.9 Å². The van der Waals surface area contributed by atoms with Gasteiger partial charge in [-0.2, -0.15) is 0 Å². The molecule has 3 atom stereocenters. The molecule has 5 nitrogen and oxygen atoms in total. The van der Waals surface area contributed by atoms with Gasteiger partial charge in [-0.3, -0.25) is 9.59 Å². The fraction of sp³-hybridized carbons (Fsp3) is 0.579. The van der Waals surface area contributed by atoms with Crippen molar-refractivity contribution >= 4 is 11.8 Å². The Morgan fingerprint density at radius 1 is 1.19 bits per heavy atom. The van der Waals surface area contributed by atoms with Gasteiger partial charge < -0.3 is 14.5 Å². The van der Waals surface area contributed by atoms with Gasteiger partial charge in [-0.1, -0.05) is 6.07 Å². The van der Waals surface area contributed by atoms with Crippen LogP contribution in [0.15, 0.2) is 24.3 Å². The number of carbonyl (C=O) groups is 2. The summed E-state index contributed by atoms with van der Waals surface area (Å²) >= 11 is 0. The highest BCUT2D eigenvalue weighted by atomic mass is 19.4. The van der Waals surface area contributed by atoms with Gasteiger partial charge in [-0.05, 0) is 49.3 Å². The molecule has 2 bridgehead atoms. The molecule has 3 aliphatic rings. The number of amides is 2. The third-order valence-electron chi connectivity index (χ3n) is 5.78. The fourth-order valence-corrected chi connectivity index (χ4v) is 4.78. The first-order valence-electron chi connectivity index (χ1n) is 9.25. The van der Waals surface area contributed by atoms with Crippen LogP contribution in [-0.4, -0.2) is 53.7 Å². The molecular formula is C19H21F3N2O3. The first kappa shape index (κ1) is 18.1. The predicted molar refractivity (Wildman–Crippen MR) is 90.0 cm³/mol. The van der Waals surface area contributed by atoms with E-state index in [1.807, 2.05) is 4.90 Å². The quantitative estimate of drug-likeness (QED) is 0.790. The predicted octanol–water partition coefficient (Wildman–Crippen LogP) is 3.06. The summed E-state index contributed by atoms with van der Waals surface area (Å²) in [5.41, 5.74) is 0.188. The molecular weight excluding hydrogens is 361 g/mol. The lowest BCUT2D eigenvalue weighted by Crippen LogP contribution is -2.61. The summed E-state index contributed by atoms with van der Waals surface area (Å²) in [5.74, 6) is -0.0128. The van der Waals surface area contributed by atoms with Gasteiger partial charge in [0.05, 0.1) is 0 Å². The van der Waals surface area contributed by atoms with E-state index in [4.69, 9.17) is 0 Å². The van der Waals surface area contributed by atoms with Crippen molar-refractivity contribution in [2.24, 2.45) is 11.8 Å². The van der Waals surface area contributed by atoms with Crippen LogP contribution in [0.3, 0.4) is 0 Å². The number of piperidine rings is 3. The van der Waals surface area contributed by atoms with Crippen molar-refractivity contribution in [2.45, 2.75) is 38.1 Å². The number of halogens is 3. The standard InChI is InChI=1S/C19H21F3N2O3/c20-19(21,22)27-15-4-1-3-13(8-15)18(26)23-9-12-7-14(11-23)16-5-2-6-17(25)24(16)10-12/h1,3-4,8,12,14,16H,2,5-7,9-11H2/t12?,14?,16-/m1/s1. The molecule has 3 saturated heterocycles. The Morgan fingerprint density at radius 2 is 2.00 bits per heavy atom. The molecule has 2 unspecified atom stereocenters. The molecule has 0 spiro atoms. The summed E-state index contributed by atoms with van der Waals surface area (Å²) in [6, 6.07) is 5.39. The minimum absolute atomic E-state index is 0.179. The number of alkyl halides is 3. The molecule has 146 valence electrons. The van der Waals surface area contributed by atoms with E-state index >= 15 is 0 Å². The Hall–Kier alpha value is -2.25. The average Bonchev–Trinajstić information content (AvgIpc) is 2.61. The molecule has 0 N–H and O–H groups in total. The van der Waals surface area contributed by atoms with Gasteiger partial charge in [0, 0.05) is 37.7 Å². The van der Waals surface area contributed by atoms with Crippen LogP contribution in [-0.2, 0) is 4.79 Å². The number of benzene rings is 1. The number of hydrogen-bond donors (Lipinski definition) is 0. The maximum atomic E-state index is 12.9. The van der Waals surface area contributed by atoms with Crippen LogP contribution in [0.2, 0.25) is 0 Å². The van der Waals surface area contributed by atoms with Crippen molar-refractivity contribution in [3.63, 3.8) is 0 Å². The zero-order chi connectivity index (χ0) is 19.2. The van der Waals surface area contributed by atoms with Gasteiger partial charge in [-0.15, -0.1) is 13.2 Å². The Labute approximate surface area is 155 Å². The van der Waals surface area contributed by atoms with E-state index < -0.39 is 12.1 Å². The zero-order valence-electron chi connectivity index (χ0n) is 14.7. The SMILES string of the molecule is O=C(c1cccc(OC(F)(F)F)c1)N1CC2CC(C1)[C@H]1CCCC(=O)N1C2. The Balaban J connectivity index is 1.49. The summed E-state index contributed by atoms with van der Waals surface area (Å²) in [7, 11) is 0. The second-order valence-corrected chi connectivity index (χ2v) is 7.65. The lowest BCUT2D eigenvalue weighted by Gasteiger charge is -2.52. The first-order chi connectivity index (χ1) is 12.8. The normalized spacial score (nSPS) is 28.0. The van der Waals surface area contributed by atoms with Gasteiger partial charge in [-0.25, -0.2) is 0 Å². The van der Waals surface area contributed by atoms with E-state index in [1.54, 1.807) is 4.90 Å². The molecule has 0 saturated carbocycles. The van der Waals surface area contributed by atoms with E-state index in [9.17, 15) is 22.8 Å². The van der Waals surface area contributed by atoms with Crippen molar-refractivity contribution in [3.05, 3.63) is 29.8 Å². The Morgan fingerprint density at radius 3 is 2.78 bits per heavy atom. The van der Waals surface area contributed by atoms with Crippen LogP contribution in [0, 0.1) is 11.8 Å². The lowest BCUT2D eigenvalue weighted by atomic mass is 9.76. The highest BCUT2D eigenvalue weighted by Crippen LogP contribution is 2.38. The molecule has 4 rings (SSSR count). The first-order valence-corrected chi connectivity index (χ1v) is 9.25. The van der Waals surface area contributed by atoms with Gasteiger partial charge in [0.15, 0.2) is 0 Å². The minimum atomic E-state index is -4.79. The van der Waals surface area contributed by atoms with Crippen LogP contribution in [0.25, 0.3) is 0 Å². The number of carbonyl (C=O) groups excluding carboxylic acids is 2. The minimum Gasteiger partial charge on any atom is -0.406 e. The number of rotatable bonds is 2. The molecule has 3 aliphatic heterocycles. The number of fused-ring (bicyclic) bond motifs is 4. The number of nitrogens with zero attached hydrogens (tertiary/aromatic N) is 2. The monoisotopic (exact) mass is 382 g/mol. The zero-order valence-corrected chi connectivity index (χ0v) is 14.7. The average molecular weight is 382 g/mol. The third kappa shape index (κ3) is 3.75. The van der Waals surface area contributed by atoms with Crippen LogP contribution < -0.4 is 4.74 Å². The van der Waals surface area contributed by atoms with Gasteiger partial charge >= 0.3 is 6.36 Å². The molecule has 0 aromatic heterocycles. The van der Waals surface area contributed by atoms with E-state index in [1.165, 1.54) is 18.2 Å². The highest BCUT2D eigenvalue weighted by molar-refractivity contribution is 5.94. The summed E-state index contributed by atoms with van der Waals surface area (Å²) in [6.07, 6.45) is -1.35. The molecule has 1 aromatic rings. The van der Waals surface area contributed by atoms with Crippen molar-refractivity contribution in [2.75, 3.05) is 19.6 Å². The second kappa shape index (κ2) is 6.73. The molecule has 3 fully saturated rings. The van der Waals surface area contributed by atoms with E-state index in [0.717, 1.165) is 25.3 Å². The van der Waals surface area contributed by atoms with Crippen molar-refractivity contribution in [1.82, 2.24) is 9.80 Å². The molecule has 0 radical (unpaired) electrons. The summed E-state index contributed by atoms with van der Waals surface area (Å²) in [5, 5.41) is 0. The van der Waals surface area contributed by atoms with Gasteiger partial charge in [0.2, 0.25) is 5.91 Å². The van der Waals surface area contributed by atoms with E-state index in [-0.39, 0.29) is 35.3 Å². The van der Waals surface area contributed by atoms with E-state index in [0.29, 0.717) is 26.1 Å². The number of hydrogen-bond acceptors (Lipinski definition) is 3. The van der Waals surface area contributed by atoms with Crippen LogP contribution in [0.4, 0.5) is 13.2 Å². The van der Waals surface area contributed by atoms with Crippen LogP contribution >= 0.6 is 0 Å². The maximum Gasteiger partial charge on any atom is 0.573 e. The molecule has 3 heterocycles. The third-order valence-corrected chi connectivity index (χ3v) is 5.78. The number of likely N-dealkylation sites (tertiary alicyclic amines) is 1. The Bertz CT molecular complexity index is 752.